The fourth-order valence-electron chi connectivity index (χ4n) is 3.51. The second-order valence-corrected chi connectivity index (χ2v) is 10.4. The van der Waals surface area contributed by atoms with Crippen molar-refractivity contribution in [2.45, 2.75) is 38.6 Å². The van der Waals surface area contributed by atoms with Gasteiger partial charge >= 0.3 is 0 Å². The zero-order valence-corrected chi connectivity index (χ0v) is 20.3. The van der Waals surface area contributed by atoms with E-state index in [2.05, 4.69) is 20.3 Å². The van der Waals surface area contributed by atoms with Crippen molar-refractivity contribution in [2.75, 3.05) is 12.9 Å². The Balaban J connectivity index is 1.89. The van der Waals surface area contributed by atoms with E-state index in [-0.39, 0.29) is 23.2 Å². The molecule has 0 amide bonds. The summed E-state index contributed by atoms with van der Waals surface area (Å²) >= 11 is 0. The molecule has 1 aromatic carbocycles. The van der Waals surface area contributed by atoms with Crippen LogP contribution in [0, 0.1) is 5.92 Å². The van der Waals surface area contributed by atoms with Crippen LogP contribution in [0.2, 0.25) is 0 Å². The summed E-state index contributed by atoms with van der Waals surface area (Å²) in [4.78, 5) is 20.8. The third-order valence-corrected chi connectivity index (χ3v) is 6.26. The fraction of sp³-hybridized carbons (Fsp3) is 0.348. The van der Waals surface area contributed by atoms with Gasteiger partial charge in [-0.2, -0.15) is 15.3 Å². The molecule has 11 heteroatoms. The molecule has 0 spiro atoms. The van der Waals surface area contributed by atoms with Gasteiger partial charge in [-0.1, -0.05) is 20.8 Å². The van der Waals surface area contributed by atoms with E-state index in [1.54, 1.807) is 29.1 Å². The molecule has 0 unspecified atom stereocenters. The topological polar surface area (TPSA) is 133 Å². The van der Waals surface area contributed by atoms with E-state index in [0.29, 0.717) is 46.8 Å². The van der Waals surface area contributed by atoms with Crippen LogP contribution in [0.15, 0.2) is 46.2 Å². The Bertz CT molecular complexity index is 1490. The molecule has 34 heavy (non-hydrogen) atoms. The van der Waals surface area contributed by atoms with Crippen LogP contribution in [0.3, 0.4) is 0 Å². The molecular weight excluding hydrogens is 456 g/mol. The summed E-state index contributed by atoms with van der Waals surface area (Å²) in [5.41, 5.74) is 2.07. The zero-order valence-electron chi connectivity index (χ0n) is 19.4. The molecule has 10 nitrogen and oxygen atoms in total. The van der Waals surface area contributed by atoms with Crippen molar-refractivity contribution < 1.29 is 13.2 Å². The van der Waals surface area contributed by atoms with Gasteiger partial charge in [0.15, 0.2) is 15.4 Å². The number of fused-ring (bicyclic) bond motifs is 1. The summed E-state index contributed by atoms with van der Waals surface area (Å²) in [6, 6.07) is 8.13. The number of hydrogen-bond acceptors (Lipinski definition) is 8. The molecule has 0 bridgehead atoms. The molecule has 4 rings (SSSR count). The van der Waals surface area contributed by atoms with Crippen molar-refractivity contribution in [3.63, 3.8) is 0 Å². The average Bonchev–Trinajstić information content (AvgIpc) is 3.15. The van der Waals surface area contributed by atoms with Crippen LogP contribution in [0.5, 0.6) is 5.75 Å². The second-order valence-electron chi connectivity index (χ2n) is 8.42. The number of hydrogen-bond donors (Lipinski definition) is 1. The Morgan fingerprint density at radius 1 is 1.21 bits per heavy atom. The van der Waals surface area contributed by atoms with Crippen LogP contribution in [0.1, 0.15) is 32.2 Å². The molecule has 1 N–H and O–H groups in total. The second kappa shape index (κ2) is 9.34. The zero-order chi connectivity index (χ0) is 24.5. The van der Waals surface area contributed by atoms with Gasteiger partial charge in [0.1, 0.15) is 17.1 Å². The third kappa shape index (κ3) is 4.84. The van der Waals surface area contributed by atoms with E-state index in [1.165, 1.54) is 12.1 Å². The molecule has 3 heterocycles. The van der Waals surface area contributed by atoms with E-state index in [4.69, 9.17) is 9.72 Å². The molecule has 0 atom stereocenters. The highest BCUT2D eigenvalue weighted by atomic mass is 32.2. The minimum atomic E-state index is -3.48. The number of benzene rings is 1. The Labute approximate surface area is 197 Å². The van der Waals surface area contributed by atoms with Crippen LogP contribution in [0.4, 0.5) is 0 Å². The predicted molar refractivity (Wildman–Crippen MR) is 128 cm³/mol. The van der Waals surface area contributed by atoms with Gasteiger partial charge in [0.25, 0.3) is 5.56 Å². The number of nitrogens with one attached hydrogen (secondary N) is 1. The van der Waals surface area contributed by atoms with Crippen molar-refractivity contribution in [3.8, 4) is 17.1 Å². The monoisotopic (exact) mass is 482 g/mol. The molecule has 0 saturated carbocycles. The minimum Gasteiger partial charge on any atom is -0.493 e. The van der Waals surface area contributed by atoms with Crippen molar-refractivity contribution in [3.05, 3.63) is 58.3 Å². The lowest BCUT2D eigenvalue weighted by Gasteiger charge is -2.14. The summed E-state index contributed by atoms with van der Waals surface area (Å²) in [5.74, 6) is 0.909. The maximum absolute atomic E-state index is 13.2. The number of H-pyrrole nitrogens is 1. The van der Waals surface area contributed by atoms with Crippen LogP contribution < -0.4 is 10.3 Å². The number of aryl methyl sites for hydroxylation is 1. The third-order valence-electron chi connectivity index (χ3n) is 5.15. The maximum atomic E-state index is 13.2. The summed E-state index contributed by atoms with van der Waals surface area (Å²) in [6.07, 6.45) is 3.26. The average molecular weight is 483 g/mol. The van der Waals surface area contributed by atoms with Gasteiger partial charge < -0.3 is 9.72 Å². The number of nitrogens with zero attached hydrogens (tertiary/aromatic N) is 5. The Morgan fingerprint density at radius 2 is 2.00 bits per heavy atom. The summed E-state index contributed by atoms with van der Waals surface area (Å²) in [5, 5.41) is 12.5. The molecule has 0 saturated heterocycles. The van der Waals surface area contributed by atoms with Crippen molar-refractivity contribution >= 4 is 20.9 Å². The number of aromatic nitrogens is 6. The molecular formula is C23H26N6O4S. The fourth-order valence-corrected chi connectivity index (χ4v) is 4.16. The lowest BCUT2D eigenvalue weighted by molar-refractivity contribution is 0.272. The van der Waals surface area contributed by atoms with Crippen LogP contribution in [-0.4, -0.2) is 51.2 Å². The van der Waals surface area contributed by atoms with Gasteiger partial charge in [-0.3, -0.25) is 9.48 Å². The minimum absolute atomic E-state index is 0.108. The van der Waals surface area contributed by atoms with Crippen molar-refractivity contribution in [1.29, 1.82) is 0 Å². The van der Waals surface area contributed by atoms with E-state index in [0.717, 1.165) is 6.26 Å². The molecule has 4 aromatic rings. The first kappa shape index (κ1) is 23.6. The lowest BCUT2D eigenvalue weighted by Crippen LogP contribution is -2.15. The number of rotatable bonds is 8. The van der Waals surface area contributed by atoms with Gasteiger partial charge in [-0.25, -0.2) is 13.4 Å². The normalized spacial score (nSPS) is 11.9. The van der Waals surface area contributed by atoms with Gasteiger partial charge in [-0.05, 0) is 42.7 Å². The Morgan fingerprint density at radius 3 is 2.65 bits per heavy atom. The van der Waals surface area contributed by atoms with E-state index >= 15 is 0 Å². The summed E-state index contributed by atoms with van der Waals surface area (Å²) in [7, 11) is -3.48. The Kier molecular flexibility index (Phi) is 6.47. The molecule has 0 radical (unpaired) electrons. The summed E-state index contributed by atoms with van der Waals surface area (Å²) in [6.45, 7) is 6.64. The lowest BCUT2D eigenvalue weighted by atomic mass is 10.1. The van der Waals surface area contributed by atoms with Crippen LogP contribution >= 0.6 is 0 Å². The molecule has 178 valence electrons. The van der Waals surface area contributed by atoms with E-state index in [9.17, 15) is 13.2 Å². The standard InChI is InChI=1S/C23H26N6O4S/c1-5-18-20-21(29(28-18)12-15-7-6-10-24-27-15)23(30)26-22(25-20)17-11-16(34(4,31)32)8-9-19(17)33-13-14(2)3/h6-11,14H,5,12-13H2,1-4H3,(H,25,26,30). The van der Waals surface area contributed by atoms with E-state index in [1.807, 2.05) is 20.8 Å². The van der Waals surface area contributed by atoms with Gasteiger partial charge in [0.05, 0.1) is 35.0 Å². The first-order chi connectivity index (χ1) is 16.2. The van der Waals surface area contributed by atoms with Gasteiger partial charge in [0, 0.05) is 12.5 Å². The van der Waals surface area contributed by atoms with Crippen molar-refractivity contribution in [2.24, 2.45) is 5.92 Å². The molecule has 0 aliphatic heterocycles. The SMILES string of the molecule is CCc1nn(Cc2cccnn2)c2c(=O)[nH]c(-c3cc(S(C)(=O)=O)ccc3OCC(C)C)nc12. The Hall–Kier alpha value is -3.60. The summed E-state index contributed by atoms with van der Waals surface area (Å²) < 4.78 is 31.9. The van der Waals surface area contributed by atoms with E-state index < -0.39 is 15.4 Å². The quantitative estimate of drug-likeness (QED) is 0.405. The predicted octanol–water partition coefficient (Wildman–Crippen LogP) is 2.63. The smallest absolute Gasteiger partial charge is 0.277 e. The van der Waals surface area contributed by atoms with Gasteiger partial charge in [-0.15, -0.1) is 0 Å². The van der Waals surface area contributed by atoms with Crippen LogP contribution in [0.25, 0.3) is 22.4 Å². The molecule has 3 aromatic heterocycles. The highest BCUT2D eigenvalue weighted by Gasteiger charge is 2.20. The largest absolute Gasteiger partial charge is 0.493 e. The highest BCUT2D eigenvalue weighted by molar-refractivity contribution is 7.90. The molecule has 0 aliphatic rings. The van der Waals surface area contributed by atoms with Crippen molar-refractivity contribution in [1.82, 2.24) is 29.9 Å². The highest BCUT2D eigenvalue weighted by Crippen LogP contribution is 2.31. The number of sulfone groups is 1. The number of ether oxygens (including phenoxy) is 1. The molecule has 0 fully saturated rings. The number of aromatic amines is 1. The van der Waals surface area contributed by atoms with Gasteiger partial charge in [0.2, 0.25) is 0 Å². The first-order valence-corrected chi connectivity index (χ1v) is 12.8. The molecule has 0 aliphatic carbocycles. The van der Waals surface area contributed by atoms with Crippen LogP contribution in [-0.2, 0) is 22.8 Å². The maximum Gasteiger partial charge on any atom is 0.277 e. The first-order valence-electron chi connectivity index (χ1n) is 10.9.